The van der Waals surface area contributed by atoms with Crippen molar-refractivity contribution in [1.82, 2.24) is 0 Å². The molecule has 0 fully saturated rings. The predicted octanol–water partition coefficient (Wildman–Crippen LogP) is 6.29. The van der Waals surface area contributed by atoms with Gasteiger partial charge < -0.3 is 9.84 Å². The topological polar surface area (TPSA) is 46.5 Å². The van der Waals surface area contributed by atoms with Gasteiger partial charge in [-0.2, -0.15) is 0 Å². The van der Waals surface area contributed by atoms with Crippen LogP contribution >= 0.6 is 0 Å². The van der Waals surface area contributed by atoms with Gasteiger partial charge in [0.15, 0.2) is 0 Å². The molecule has 0 aromatic heterocycles. The maximum absolute atomic E-state index is 12.3. The molecule has 0 radical (unpaired) electrons. The maximum Gasteiger partial charge on any atom is 0.310 e. The van der Waals surface area contributed by atoms with Crippen LogP contribution in [0.25, 0.3) is 0 Å². The Morgan fingerprint density at radius 3 is 1.93 bits per heavy atom. The summed E-state index contributed by atoms with van der Waals surface area (Å²) in [4.78, 5) is 12.3. The molecular weight excluding hydrogens is 336 g/mol. The molecule has 1 N–H and O–H groups in total. The first-order valence-electron chi connectivity index (χ1n) is 10.3. The highest BCUT2D eigenvalue weighted by Crippen LogP contribution is 2.39. The van der Waals surface area contributed by atoms with Crippen molar-refractivity contribution >= 4 is 5.97 Å². The monoisotopic (exact) mass is 376 g/mol. The number of benzene rings is 1. The highest BCUT2D eigenvalue weighted by molar-refractivity contribution is 5.73. The molecule has 0 amide bonds. The van der Waals surface area contributed by atoms with Crippen LogP contribution in [0.15, 0.2) is 12.1 Å². The zero-order chi connectivity index (χ0) is 20.8. The highest BCUT2D eigenvalue weighted by Gasteiger charge is 2.27. The molecule has 154 valence electrons. The minimum atomic E-state index is -0.194. The number of rotatable bonds is 8. The second-order valence-electron chi connectivity index (χ2n) is 10.2. The zero-order valence-electron chi connectivity index (χ0n) is 18.7. The van der Waals surface area contributed by atoms with Gasteiger partial charge in [-0.15, -0.1) is 0 Å². The molecule has 0 aliphatic carbocycles. The lowest BCUT2D eigenvalue weighted by Gasteiger charge is -2.28. The first-order chi connectivity index (χ1) is 12.3. The zero-order valence-corrected chi connectivity index (χ0v) is 18.7. The molecule has 0 aliphatic rings. The van der Waals surface area contributed by atoms with Gasteiger partial charge in [-0.1, -0.05) is 86.8 Å². The van der Waals surface area contributed by atoms with Crippen molar-refractivity contribution in [3.8, 4) is 5.75 Å². The molecule has 1 aromatic carbocycles. The molecule has 3 nitrogen and oxygen atoms in total. The number of esters is 1. The highest BCUT2D eigenvalue weighted by atomic mass is 16.5. The number of carbonyl (C=O) groups is 1. The molecule has 3 heteroatoms. The summed E-state index contributed by atoms with van der Waals surface area (Å²) < 4.78 is 5.43. The molecule has 0 saturated carbocycles. The van der Waals surface area contributed by atoms with E-state index in [1.165, 1.54) is 12.8 Å². The van der Waals surface area contributed by atoms with Crippen LogP contribution < -0.4 is 0 Å². The smallest absolute Gasteiger partial charge is 0.310 e. The SMILES string of the molecule is CC(C)CCCCCOC(=O)Cc1cc(C(C)(C)C)c(O)c(C(C)(C)C)c1. The summed E-state index contributed by atoms with van der Waals surface area (Å²) in [5.41, 5.74) is 2.28. The van der Waals surface area contributed by atoms with Gasteiger partial charge in [-0.25, -0.2) is 0 Å². The Bertz CT molecular complexity index is 580. The van der Waals surface area contributed by atoms with E-state index in [0.29, 0.717) is 12.4 Å². The summed E-state index contributed by atoms with van der Waals surface area (Å²) in [6, 6.07) is 3.91. The molecule has 1 rings (SSSR count). The normalized spacial score (nSPS) is 12.5. The lowest BCUT2D eigenvalue weighted by Crippen LogP contribution is -2.19. The fourth-order valence-corrected chi connectivity index (χ4v) is 3.17. The largest absolute Gasteiger partial charge is 0.507 e. The first-order valence-corrected chi connectivity index (χ1v) is 10.3. The van der Waals surface area contributed by atoms with E-state index in [1.54, 1.807) is 0 Å². The van der Waals surface area contributed by atoms with Gasteiger partial charge in [0.1, 0.15) is 5.75 Å². The average Bonchev–Trinajstić information content (AvgIpc) is 2.49. The molecule has 0 spiro atoms. The predicted molar refractivity (Wildman–Crippen MR) is 113 cm³/mol. The maximum atomic E-state index is 12.3. The second-order valence-corrected chi connectivity index (χ2v) is 10.2. The van der Waals surface area contributed by atoms with Crippen LogP contribution in [-0.4, -0.2) is 17.7 Å². The minimum Gasteiger partial charge on any atom is -0.507 e. The summed E-state index contributed by atoms with van der Waals surface area (Å²) in [6.45, 7) is 17.4. The van der Waals surface area contributed by atoms with Gasteiger partial charge in [-0.3, -0.25) is 4.79 Å². The van der Waals surface area contributed by atoms with Crippen molar-refractivity contribution in [1.29, 1.82) is 0 Å². The summed E-state index contributed by atoms with van der Waals surface area (Å²) >= 11 is 0. The number of ether oxygens (including phenoxy) is 1. The Morgan fingerprint density at radius 2 is 1.48 bits per heavy atom. The summed E-state index contributed by atoms with van der Waals surface area (Å²) in [7, 11) is 0. The quantitative estimate of drug-likeness (QED) is 0.428. The van der Waals surface area contributed by atoms with Crippen LogP contribution in [0.3, 0.4) is 0 Å². The van der Waals surface area contributed by atoms with E-state index in [-0.39, 0.29) is 23.2 Å². The number of carbonyl (C=O) groups excluding carboxylic acids is 1. The summed E-state index contributed by atoms with van der Waals surface area (Å²) in [5.74, 6) is 0.887. The van der Waals surface area contributed by atoms with Gasteiger partial charge in [0.2, 0.25) is 0 Å². The molecule has 1 aromatic rings. The fraction of sp³-hybridized carbons (Fsp3) is 0.708. The van der Waals surface area contributed by atoms with Crippen LogP contribution in [0.1, 0.15) is 97.8 Å². The lowest BCUT2D eigenvalue weighted by molar-refractivity contribution is -0.142. The van der Waals surface area contributed by atoms with E-state index >= 15 is 0 Å². The van der Waals surface area contributed by atoms with E-state index in [4.69, 9.17) is 4.74 Å². The molecule has 0 unspecified atom stereocenters. The van der Waals surface area contributed by atoms with Gasteiger partial charge in [0, 0.05) is 0 Å². The van der Waals surface area contributed by atoms with Crippen LogP contribution in [0, 0.1) is 5.92 Å². The van der Waals surface area contributed by atoms with E-state index in [2.05, 4.69) is 55.4 Å². The number of hydrogen-bond donors (Lipinski definition) is 1. The average molecular weight is 377 g/mol. The molecule has 27 heavy (non-hydrogen) atoms. The number of unbranched alkanes of at least 4 members (excludes halogenated alkanes) is 2. The van der Waals surface area contributed by atoms with E-state index < -0.39 is 0 Å². The number of aromatic hydroxyl groups is 1. The van der Waals surface area contributed by atoms with Crippen molar-refractivity contribution in [3.63, 3.8) is 0 Å². The Hall–Kier alpha value is -1.51. The second kappa shape index (κ2) is 9.61. The first kappa shape index (κ1) is 23.5. The Labute approximate surface area is 166 Å². The third-order valence-corrected chi connectivity index (χ3v) is 4.82. The van der Waals surface area contributed by atoms with E-state index in [9.17, 15) is 9.90 Å². The summed E-state index contributed by atoms with van der Waals surface area (Å²) in [6.07, 6.45) is 4.70. The minimum absolute atomic E-state index is 0.190. The van der Waals surface area contributed by atoms with Gasteiger partial charge in [0.05, 0.1) is 13.0 Å². The van der Waals surface area contributed by atoms with Crippen LogP contribution in [0.4, 0.5) is 0 Å². The molecule has 0 saturated heterocycles. The van der Waals surface area contributed by atoms with Crippen molar-refractivity contribution in [2.24, 2.45) is 5.92 Å². The molecule has 0 bridgehead atoms. The van der Waals surface area contributed by atoms with Crippen molar-refractivity contribution in [2.75, 3.05) is 6.61 Å². The van der Waals surface area contributed by atoms with Crippen molar-refractivity contribution < 1.29 is 14.6 Å². The van der Waals surface area contributed by atoms with Gasteiger partial charge in [-0.05, 0) is 39.9 Å². The lowest BCUT2D eigenvalue weighted by atomic mass is 9.78. The van der Waals surface area contributed by atoms with E-state index in [1.807, 2.05) is 12.1 Å². The fourth-order valence-electron chi connectivity index (χ4n) is 3.17. The van der Waals surface area contributed by atoms with Crippen LogP contribution in [0.5, 0.6) is 5.75 Å². The van der Waals surface area contributed by atoms with Gasteiger partial charge >= 0.3 is 5.97 Å². The van der Waals surface area contributed by atoms with E-state index in [0.717, 1.165) is 35.4 Å². The molecular formula is C24H40O3. The standard InChI is InChI=1S/C24H40O3/c1-17(2)12-10-9-11-13-27-21(25)16-18-14-19(23(3,4)5)22(26)20(15-18)24(6,7)8/h14-15,17,26H,9-13,16H2,1-8H3. The number of hydrogen-bond acceptors (Lipinski definition) is 3. The summed E-state index contributed by atoms with van der Waals surface area (Å²) in [5, 5.41) is 10.8. The van der Waals surface area contributed by atoms with Crippen LogP contribution in [-0.2, 0) is 26.8 Å². The molecule has 0 aliphatic heterocycles. The van der Waals surface area contributed by atoms with Crippen molar-refractivity contribution in [3.05, 3.63) is 28.8 Å². The third-order valence-electron chi connectivity index (χ3n) is 4.82. The third kappa shape index (κ3) is 7.94. The van der Waals surface area contributed by atoms with Crippen LogP contribution in [0.2, 0.25) is 0 Å². The Balaban J connectivity index is 2.78. The van der Waals surface area contributed by atoms with Gasteiger partial charge in [0.25, 0.3) is 0 Å². The Morgan fingerprint density at radius 1 is 0.963 bits per heavy atom. The number of phenolic OH excluding ortho intramolecular Hbond substituents is 1. The molecule has 0 atom stereocenters. The molecule has 0 heterocycles. The van der Waals surface area contributed by atoms with Crippen molar-refractivity contribution in [2.45, 2.75) is 98.3 Å². The Kier molecular flexibility index (Phi) is 8.38. The number of phenols is 1.